The van der Waals surface area contributed by atoms with Gasteiger partial charge in [0.1, 0.15) is 5.60 Å². The summed E-state index contributed by atoms with van der Waals surface area (Å²) in [5.41, 5.74) is -1.52. The number of rotatable bonds is 9. The van der Waals surface area contributed by atoms with Crippen LogP contribution >= 0.6 is 11.6 Å². The Morgan fingerprint density at radius 1 is 1.22 bits per heavy atom. The molecule has 1 aliphatic heterocycles. The molecule has 1 aliphatic rings. The lowest BCUT2D eigenvalue weighted by Crippen LogP contribution is -2.55. The van der Waals surface area contributed by atoms with Gasteiger partial charge in [-0.05, 0) is 71.7 Å². The molecule has 0 aromatic heterocycles. The van der Waals surface area contributed by atoms with E-state index >= 15 is 0 Å². The monoisotopic (exact) mass is 535 g/mol. The number of carbonyl (C=O) groups is 3. The number of hydrogen-bond donors (Lipinski definition) is 3. The lowest BCUT2D eigenvalue weighted by molar-refractivity contribution is -0.144. The van der Waals surface area contributed by atoms with Gasteiger partial charge in [-0.3, -0.25) is 9.59 Å². The summed E-state index contributed by atoms with van der Waals surface area (Å²) in [6.45, 7) is 7.33. The Morgan fingerprint density at radius 2 is 1.89 bits per heavy atom. The number of benzene rings is 1. The molecular weight excluding hydrogens is 503 g/mol. The van der Waals surface area contributed by atoms with Crippen molar-refractivity contribution in [2.45, 2.75) is 70.8 Å². The van der Waals surface area contributed by atoms with Crippen LogP contribution in [0.25, 0.3) is 0 Å². The number of nitrogens with zero attached hydrogens (tertiary/aromatic N) is 1. The minimum atomic E-state index is -4.58. The molecule has 1 heterocycles. The molecule has 0 saturated carbocycles. The molecule has 3 atom stereocenters. The van der Waals surface area contributed by atoms with Crippen LogP contribution in [0.2, 0.25) is 5.02 Å². The predicted molar refractivity (Wildman–Crippen MR) is 129 cm³/mol. The Morgan fingerprint density at radius 3 is 2.44 bits per heavy atom. The number of ketones is 1. The minimum Gasteiger partial charge on any atom is -0.481 e. The second kappa shape index (κ2) is 12.1. The number of ether oxygens (including phenoxy) is 1. The van der Waals surface area contributed by atoms with Gasteiger partial charge in [-0.1, -0.05) is 11.6 Å². The van der Waals surface area contributed by atoms with Crippen molar-refractivity contribution in [3.8, 4) is 0 Å². The van der Waals surface area contributed by atoms with Crippen LogP contribution in [-0.2, 0) is 20.5 Å². The molecule has 1 saturated heterocycles. The van der Waals surface area contributed by atoms with Gasteiger partial charge in [0.05, 0.1) is 17.5 Å². The second-order valence-corrected chi connectivity index (χ2v) is 10.3. The van der Waals surface area contributed by atoms with E-state index in [0.717, 1.165) is 12.1 Å². The number of nitrogens with one attached hydrogen (secondary N) is 2. The normalized spacial score (nSPS) is 19.5. The van der Waals surface area contributed by atoms with Crippen LogP contribution in [0.4, 0.5) is 23.7 Å². The van der Waals surface area contributed by atoms with E-state index in [0.29, 0.717) is 13.0 Å². The van der Waals surface area contributed by atoms with E-state index in [1.165, 1.54) is 17.9 Å². The molecule has 1 aromatic carbocycles. The zero-order valence-corrected chi connectivity index (χ0v) is 21.5. The standard InChI is InChI=1S/C24H33ClF3N3O5/c1-14(32)19(30-17-11-15(24(26,27)28)10-16(25)12-17)6-5-8-29-20-13-31(9-7-18(20)21(33)34)22(35)36-23(2,3)4/h10-12,18-20,29-30H,5-9,13H2,1-4H3,(H,33,34)/t18?,19-,20+/m1/s1. The molecule has 2 rings (SSSR count). The van der Waals surface area contributed by atoms with Crippen molar-refractivity contribution in [1.29, 1.82) is 0 Å². The van der Waals surface area contributed by atoms with E-state index in [1.807, 2.05) is 0 Å². The zero-order chi connectivity index (χ0) is 27.3. The lowest BCUT2D eigenvalue weighted by Gasteiger charge is -2.37. The average Bonchev–Trinajstić information content (AvgIpc) is 2.73. The number of carboxylic acids is 1. The van der Waals surface area contributed by atoms with Crippen LogP contribution in [0.5, 0.6) is 0 Å². The van der Waals surface area contributed by atoms with E-state index in [9.17, 15) is 32.7 Å². The van der Waals surface area contributed by atoms with E-state index in [-0.39, 0.29) is 42.4 Å². The predicted octanol–water partition coefficient (Wildman–Crippen LogP) is 4.81. The molecule has 3 N–H and O–H groups in total. The largest absolute Gasteiger partial charge is 0.481 e. The summed E-state index contributed by atoms with van der Waals surface area (Å²) in [4.78, 5) is 37.7. The van der Waals surface area contributed by atoms with Crippen LogP contribution in [0, 0.1) is 5.92 Å². The minimum absolute atomic E-state index is 0.0780. The number of carbonyl (C=O) groups excluding carboxylic acids is 2. The number of carboxylic acid groups (broad SMARTS) is 1. The van der Waals surface area contributed by atoms with Crippen molar-refractivity contribution < 1.29 is 37.4 Å². The molecule has 0 radical (unpaired) electrons. The first-order valence-electron chi connectivity index (χ1n) is 11.7. The molecule has 0 spiro atoms. The quantitative estimate of drug-likeness (QED) is 0.389. The number of likely N-dealkylation sites (tertiary alicyclic amines) is 1. The summed E-state index contributed by atoms with van der Waals surface area (Å²) in [7, 11) is 0. The van der Waals surface area contributed by atoms with E-state index in [1.54, 1.807) is 20.8 Å². The Bertz CT molecular complexity index is 952. The van der Waals surface area contributed by atoms with Crippen molar-refractivity contribution >= 4 is 35.1 Å². The maximum absolute atomic E-state index is 13.1. The van der Waals surface area contributed by atoms with Crippen LogP contribution in [0.1, 0.15) is 52.5 Å². The second-order valence-electron chi connectivity index (χ2n) is 9.90. The van der Waals surface area contributed by atoms with Crippen molar-refractivity contribution in [2.75, 3.05) is 25.0 Å². The van der Waals surface area contributed by atoms with Crippen molar-refractivity contribution in [1.82, 2.24) is 10.2 Å². The highest BCUT2D eigenvalue weighted by Crippen LogP contribution is 2.33. The summed E-state index contributed by atoms with van der Waals surface area (Å²) < 4.78 is 44.6. The van der Waals surface area contributed by atoms with Crippen molar-refractivity contribution in [3.05, 3.63) is 28.8 Å². The summed E-state index contributed by atoms with van der Waals surface area (Å²) in [6.07, 6.45) is -4.11. The molecule has 1 aromatic rings. The molecule has 202 valence electrons. The Kier molecular flexibility index (Phi) is 10.0. The highest BCUT2D eigenvalue weighted by Gasteiger charge is 2.37. The third-order valence-corrected chi connectivity index (χ3v) is 5.93. The maximum atomic E-state index is 13.1. The molecule has 36 heavy (non-hydrogen) atoms. The van der Waals surface area contributed by atoms with Gasteiger partial charge in [-0.25, -0.2) is 4.79 Å². The van der Waals surface area contributed by atoms with Crippen LogP contribution in [0.15, 0.2) is 18.2 Å². The van der Waals surface area contributed by atoms with Crippen LogP contribution < -0.4 is 10.6 Å². The van der Waals surface area contributed by atoms with E-state index < -0.39 is 47.4 Å². The fourth-order valence-corrected chi connectivity index (χ4v) is 4.19. The molecular formula is C24H33ClF3N3O5. The van der Waals surface area contributed by atoms with Crippen LogP contribution in [0.3, 0.4) is 0 Å². The molecule has 8 nitrogen and oxygen atoms in total. The van der Waals surface area contributed by atoms with Gasteiger partial charge < -0.3 is 25.4 Å². The average molecular weight is 536 g/mol. The molecule has 12 heteroatoms. The molecule has 1 amide bonds. The summed E-state index contributed by atoms with van der Waals surface area (Å²) in [5, 5.41) is 15.4. The van der Waals surface area contributed by atoms with E-state index in [2.05, 4.69) is 10.6 Å². The Balaban J connectivity index is 1.97. The Hall–Kier alpha value is -2.53. The molecule has 0 aliphatic carbocycles. The molecule has 1 fully saturated rings. The number of aliphatic carboxylic acids is 1. The fraction of sp³-hybridized carbons (Fsp3) is 0.625. The van der Waals surface area contributed by atoms with E-state index in [4.69, 9.17) is 16.3 Å². The SMILES string of the molecule is CC(=O)[C@@H](CCCN[C@H]1CN(C(=O)OC(C)(C)C)CCC1C(=O)O)Nc1cc(Cl)cc(C(F)(F)F)c1. The molecule has 0 bridgehead atoms. The fourth-order valence-electron chi connectivity index (χ4n) is 3.96. The first-order valence-corrected chi connectivity index (χ1v) is 12.0. The van der Waals surface area contributed by atoms with Gasteiger partial charge in [0, 0.05) is 29.8 Å². The number of alkyl halides is 3. The van der Waals surface area contributed by atoms with Gasteiger partial charge >= 0.3 is 18.2 Å². The number of anilines is 1. The van der Waals surface area contributed by atoms with Gasteiger partial charge in [0.15, 0.2) is 5.78 Å². The smallest absolute Gasteiger partial charge is 0.416 e. The first kappa shape index (κ1) is 29.7. The third kappa shape index (κ3) is 9.16. The van der Waals surface area contributed by atoms with Gasteiger partial charge in [-0.15, -0.1) is 0 Å². The number of halogens is 4. The number of Topliss-reactive ketones (excluding diaryl/α,β-unsaturated/α-hetero) is 1. The number of hydrogen-bond acceptors (Lipinski definition) is 6. The highest BCUT2D eigenvalue weighted by atomic mass is 35.5. The third-order valence-electron chi connectivity index (χ3n) is 5.71. The molecule has 1 unspecified atom stereocenters. The van der Waals surface area contributed by atoms with Gasteiger partial charge in [-0.2, -0.15) is 13.2 Å². The first-order chi connectivity index (χ1) is 16.6. The maximum Gasteiger partial charge on any atom is 0.416 e. The number of piperidine rings is 1. The van der Waals surface area contributed by atoms with Gasteiger partial charge in [0.25, 0.3) is 0 Å². The zero-order valence-electron chi connectivity index (χ0n) is 20.7. The summed E-state index contributed by atoms with van der Waals surface area (Å²) >= 11 is 5.82. The van der Waals surface area contributed by atoms with Crippen molar-refractivity contribution in [2.24, 2.45) is 5.92 Å². The highest BCUT2D eigenvalue weighted by molar-refractivity contribution is 6.31. The van der Waals surface area contributed by atoms with Crippen molar-refractivity contribution in [3.63, 3.8) is 0 Å². The summed E-state index contributed by atoms with van der Waals surface area (Å²) in [5.74, 6) is -1.93. The Labute approximate surface area is 213 Å². The summed E-state index contributed by atoms with van der Waals surface area (Å²) in [6, 6.07) is 1.74. The topological polar surface area (TPSA) is 108 Å². The lowest BCUT2D eigenvalue weighted by atomic mass is 9.91. The van der Waals surface area contributed by atoms with Crippen LogP contribution in [-0.4, -0.2) is 65.2 Å². The van der Waals surface area contributed by atoms with Gasteiger partial charge in [0.2, 0.25) is 0 Å². The number of amides is 1.